The first-order valence-electron chi connectivity index (χ1n) is 7.27. The quantitative estimate of drug-likeness (QED) is 0.833. The minimum absolute atomic E-state index is 0.244. The fourth-order valence-electron chi connectivity index (χ4n) is 2.40. The highest BCUT2D eigenvalue weighted by Gasteiger charge is 2.16. The van der Waals surface area contributed by atoms with Gasteiger partial charge in [-0.1, -0.05) is 12.1 Å². The number of nitrogens with two attached hydrogens (primary N) is 1. The number of nitrogens with zero attached hydrogens (tertiary/aromatic N) is 1. The summed E-state index contributed by atoms with van der Waals surface area (Å²) in [6.07, 6.45) is 0. The minimum Gasteiger partial charge on any atom is -0.489 e. The number of halogens is 1. The smallest absolute Gasteiger partial charge is 0.165 e. The van der Waals surface area contributed by atoms with Gasteiger partial charge in [0.15, 0.2) is 11.6 Å². The van der Waals surface area contributed by atoms with Gasteiger partial charge >= 0.3 is 0 Å². The summed E-state index contributed by atoms with van der Waals surface area (Å²) in [7, 11) is 0. The molecule has 3 nitrogen and oxygen atoms in total. The van der Waals surface area contributed by atoms with Crippen LogP contribution in [0.5, 0.6) is 5.75 Å². The van der Waals surface area contributed by atoms with E-state index in [1.165, 1.54) is 6.07 Å². The van der Waals surface area contributed by atoms with Crippen LogP contribution >= 0.6 is 0 Å². The van der Waals surface area contributed by atoms with Crippen molar-refractivity contribution >= 4 is 0 Å². The van der Waals surface area contributed by atoms with E-state index in [4.69, 9.17) is 10.5 Å². The van der Waals surface area contributed by atoms with Crippen molar-refractivity contribution in [2.24, 2.45) is 5.73 Å². The number of benzene rings is 1. The zero-order valence-electron chi connectivity index (χ0n) is 13.2. The molecule has 0 aliphatic heterocycles. The van der Waals surface area contributed by atoms with E-state index in [0.717, 1.165) is 6.54 Å². The summed E-state index contributed by atoms with van der Waals surface area (Å²) in [5.41, 5.74) is 6.57. The zero-order chi connectivity index (χ0) is 15.3. The molecule has 0 unspecified atom stereocenters. The first-order valence-corrected chi connectivity index (χ1v) is 7.27. The van der Waals surface area contributed by atoms with Crippen molar-refractivity contribution < 1.29 is 9.13 Å². The van der Waals surface area contributed by atoms with Crippen LogP contribution in [0.1, 0.15) is 46.2 Å². The molecule has 0 aliphatic carbocycles. The molecule has 0 bridgehead atoms. The fourth-order valence-corrected chi connectivity index (χ4v) is 2.40. The summed E-state index contributed by atoms with van der Waals surface area (Å²) in [4.78, 5) is 2.31. The van der Waals surface area contributed by atoms with Crippen molar-refractivity contribution in [1.82, 2.24) is 4.90 Å². The first kappa shape index (κ1) is 16.9. The normalized spacial score (nSPS) is 13.3. The molecule has 1 aromatic carbocycles. The van der Waals surface area contributed by atoms with Crippen molar-refractivity contribution in [2.45, 2.75) is 52.7 Å². The Balaban J connectivity index is 2.71. The lowest BCUT2D eigenvalue weighted by Crippen LogP contribution is -2.39. The average molecular weight is 282 g/mol. The number of hydrogen-bond acceptors (Lipinski definition) is 3. The van der Waals surface area contributed by atoms with E-state index >= 15 is 0 Å². The Morgan fingerprint density at radius 3 is 2.25 bits per heavy atom. The number of para-hydroxylation sites is 1. The Hall–Kier alpha value is -1.13. The van der Waals surface area contributed by atoms with Gasteiger partial charge in [0, 0.05) is 30.2 Å². The van der Waals surface area contributed by atoms with Crippen LogP contribution in [0.15, 0.2) is 18.2 Å². The number of hydrogen-bond donors (Lipinski definition) is 1. The average Bonchev–Trinajstić information content (AvgIpc) is 2.34. The van der Waals surface area contributed by atoms with Crippen LogP contribution in [0.25, 0.3) is 0 Å². The first-order chi connectivity index (χ1) is 9.34. The van der Waals surface area contributed by atoms with E-state index in [1.54, 1.807) is 6.07 Å². The van der Waals surface area contributed by atoms with Gasteiger partial charge in [-0.25, -0.2) is 4.39 Å². The maximum Gasteiger partial charge on any atom is 0.165 e. The summed E-state index contributed by atoms with van der Waals surface area (Å²) in [6.45, 7) is 11.6. The molecule has 2 N–H and O–H groups in total. The number of rotatable bonds is 7. The predicted molar refractivity (Wildman–Crippen MR) is 81.5 cm³/mol. The van der Waals surface area contributed by atoms with Crippen molar-refractivity contribution in [1.29, 1.82) is 0 Å². The molecule has 0 saturated heterocycles. The van der Waals surface area contributed by atoms with E-state index in [0.29, 0.717) is 24.3 Å². The van der Waals surface area contributed by atoms with Gasteiger partial charge in [-0.2, -0.15) is 0 Å². The Labute approximate surface area is 121 Å². The largest absolute Gasteiger partial charge is 0.489 e. The second-order valence-electron chi connectivity index (χ2n) is 5.72. The maximum absolute atomic E-state index is 13.9. The van der Waals surface area contributed by atoms with E-state index in [-0.39, 0.29) is 17.6 Å². The number of ether oxygens (including phenoxy) is 1. The molecular weight excluding hydrogens is 255 g/mol. The molecular formula is C16H27FN2O. The molecule has 0 heterocycles. The molecule has 1 atom stereocenters. The third kappa shape index (κ3) is 4.46. The lowest BCUT2D eigenvalue weighted by atomic mass is 10.1. The highest BCUT2D eigenvalue weighted by atomic mass is 19.1. The highest BCUT2D eigenvalue weighted by Crippen LogP contribution is 2.27. The van der Waals surface area contributed by atoms with Gasteiger partial charge in [-0.15, -0.1) is 0 Å². The van der Waals surface area contributed by atoms with Gasteiger partial charge in [0.05, 0.1) is 0 Å². The predicted octanol–water partition coefficient (Wildman–Crippen LogP) is 3.34. The molecule has 0 saturated carbocycles. The van der Waals surface area contributed by atoms with Crippen molar-refractivity contribution in [3.05, 3.63) is 29.6 Å². The van der Waals surface area contributed by atoms with Crippen LogP contribution in [0.2, 0.25) is 0 Å². The molecule has 0 amide bonds. The SMILES string of the molecule is CC(C)N(CCOc1c(F)cccc1[C@H](C)N)C(C)C. The van der Waals surface area contributed by atoms with Gasteiger partial charge in [0.2, 0.25) is 0 Å². The van der Waals surface area contributed by atoms with Gasteiger partial charge < -0.3 is 10.5 Å². The topological polar surface area (TPSA) is 38.5 Å². The fraction of sp³-hybridized carbons (Fsp3) is 0.625. The van der Waals surface area contributed by atoms with Crippen LogP contribution < -0.4 is 10.5 Å². The summed E-state index contributed by atoms with van der Waals surface area (Å²) < 4.78 is 19.5. The minimum atomic E-state index is -0.347. The highest BCUT2D eigenvalue weighted by molar-refractivity contribution is 5.36. The van der Waals surface area contributed by atoms with Crippen molar-refractivity contribution in [3.63, 3.8) is 0 Å². The lowest BCUT2D eigenvalue weighted by Gasteiger charge is -2.30. The summed E-state index contributed by atoms with van der Waals surface area (Å²) in [5, 5.41) is 0. The molecule has 0 aromatic heterocycles. The Morgan fingerprint density at radius 2 is 1.75 bits per heavy atom. The molecule has 0 aliphatic rings. The second-order valence-corrected chi connectivity index (χ2v) is 5.72. The third-order valence-corrected chi connectivity index (χ3v) is 3.41. The van der Waals surface area contributed by atoms with Crippen LogP contribution in [0, 0.1) is 5.82 Å². The van der Waals surface area contributed by atoms with Gasteiger partial charge in [-0.05, 0) is 40.7 Å². The monoisotopic (exact) mass is 282 g/mol. The van der Waals surface area contributed by atoms with E-state index in [1.807, 2.05) is 13.0 Å². The summed E-state index contributed by atoms with van der Waals surface area (Å²) in [6, 6.07) is 5.51. The van der Waals surface area contributed by atoms with E-state index in [2.05, 4.69) is 32.6 Å². The van der Waals surface area contributed by atoms with Crippen molar-refractivity contribution in [3.8, 4) is 5.75 Å². The van der Waals surface area contributed by atoms with Gasteiger partial charge in [0.1, 0.15) is 6.61 Å². The Bertz CT molecular complexity index is 411. The molecule has 0 spiro atoms. The van der Waals surface area contributed by atoms with E-state index in [9.17, 15) is 4.39 Å². The molecule has 1 rings (SSSR count). The molecule has 4 heteroatoms. The lowest BCUT2D eigenvalue weighted by molar-refractivity contribution is 0.139. The molecule has 20 heavy (non-hydrogen) atoms. The third-order valence-electron chi connectivity index (χ3n) is 3.41. The van der Waals surface area contributed by atoms with Crippen LogP contribution in [-0.4, -0.2) is 30.1 Å². The molecule has 114 valence electrons. The van der Waals surface area contributed by atoms with Crippen molar-refractivity contribution in [2.75, 3.05) is 13.2 Å². The maximum atomic E-state index is 13.9. The Morgan fingerprint density at radius 1 is 1.15 bits per heavy atom. The Kier molecular flexibility index (Phi) is 6.43. The summed E-state index contributed by atoms with van der Waals surface area (Å²) >= 11 is 0. The van der Waals surface area contributed by atoms with Gasteiger partial charge in [-0.3, -0.25) is 4.90 Å². The summed E-state index contributed by atoms with van der Waals surface area (Å²) in [5.74, 6) is -0.0598. The zero-order valence-corrected chi connectivity index (χ0v) is 13.2. The molecule has 1 aromatic rings. The van der Waals surface area contributed by atoms with E-state index < -0.39 is 0 Å². The van der Waals surface area contributed by atoms with Gasteiger partial charge in [0.25, 0.3) is 0 Å². The van der Waals surface area contributed by atoms with Crippen LogP contribution in [0.4, 0.5) is 4.39 Å². The second kappa shape index (κ2) is 7.60. The standard InChI is InChI=1S/C16H27FN2O/c1-11(2)19(12(3)4)9-10-20-16-14(13(5)18)7-6-8-15(16)17/h6-8,11-13H,9-10,18H2,1-5H3/t13-/m0/s1. The van der Waals surface area contributed by atoms with Crippen LogP contribution in [0.3, 0.4) is 0 Å². The molecule has 0 radical (unpaired) electrons. The van der Waals surface area contributed by atoms with Crippen LogP contribution in [-0.2, 0) is 0 Å². The molecule has 0 fully saturated rings.